The molecule has 1 saturated heterocycles. The zero-order valence-electron chi connectivity index (χ0n) is 22.3. The normalized spacial score (nSPS) is 23.2. The number of likely N-dealkylation sites (tertiary alicyclic amines) is 1. The van der Waals surface area contributed by atoms with Crippen molar-refractivity contribution in [1.29, 1.82) is 0 Å². The van der Waals surface area contributed by atoms with E-state index < -0.39 is 17.8 Å². The minimum absolute atomic E-state index is 0.0772. The minimum atomic E-state index is -1.31. The van der Waals surface area contributed by atoms with Crippen molar-refractivity contribution in [3.63, 3.8) is 0 Å². The summed E-state index contributed by atoms with van der Waals surface area (Å²) in [5.74, 6) is 0.345. The SMILES string of the molecule is CNC[C@H](CC1CCCCC1)C1C([C@@](O)(CCCNC(=O)OC)c2cccc(Cl)c2)CCCN1C(=O)O. The molecule has 2 unspecified atom stereocenters. The molecule has 2 amide bonds. The van der Waals surface area contributed by atoms with Gasteiger partial charge in [-0.15, -0.1) is 0 Å². The number of methoxy groups -OCH3 is 1. The number of benzene rings is 1. The maximum atomic E-state index is 12.5. The van der Waals surface area contributed by atoms with Gasteiger partial charge in [0.1, 0.15) is 0 Å². The van der Waals surface area contributed by atoms with E-state index in [4.69, 9.17) is 11.6 Å². The van der Waals surface area contributed by atoms with Gasteiger partial charge in [-0.25, -0.2) is 9.59 Å². The molecule has 208 valence electrons. The first-order valence-corrected chi connectivity index (χ1v) is 14.1. The van der Waals surface area contributed by atoms with Crippen molar-refractivity contribution in [2.24, 2.45) is 17.8 Å². The first-order valence-electron chi connectivity index (χ1n) is 13.7. The summed E-state index contributed by atoms with van der Waals surface area (Å²) in [4.78, 5) is 25.7. The van der Waals surface area contributed by atoms with Gasteiger partial charge in [-0.2, -0.15) is 0 Å². The van der Waals surface area contributed by atoms with Gasteiger partial charge in [0, 0.05) is 30.1 Å². The Kier molecular flexibility index (Phi) is 11.3. The number of rotatable bonds is 11. The Morgan fingerprint density at radius 3 is 2.62 bits per heavy atom. The lowest BCUT2D eigenvalue weighted by Gasteiger charge is -2.51. The predicted molar refractivity (Wildman–Crippen MR) is 145 cm³/mol. The first kappa shape index (κ1) is 29.5. The van der Waals surface area contributed by atoms with E-state index in [-0.39, 0.29) is 17.9 Å². The quantitative estimate of drug-likeness (QED) is 0.288. The number of nitrogens with one attached hydrogen (secondary N) is 2. The predicted octanol–water partition coefficient (Wildman–Crippen LogP) is 5.23. The summed E-state index contributed by atoms with van der Waals surface area (Å²) < 4.78 is 4.68. The van der Waals surface area contributed by atoms with Crippen LogP contribution in [0.25, 0.3) is 0 Å². The largest absolute Gasteiger partial charge is 0.465 e. The second-order valence-electron chi connectivity index (χ2n) is 10.7. The molecule has 0 radical (unpaired) electrons. The standard InChI is InChI=1S/C28H44ClN3O5/c1-30-19-21(17-20-9-4-3-5-10-20)25-24(13-7-16-32(25)27(34)35)28(36,14-8-15-31-26(33)37-2)22-11-6-12-23(29)18-22/h6,11-12,18,20-21,24-25,30,36H,3-5,7-10,13-17,19H2,1-2H3,(H,31,33)(H,34,35)/t21-,24?,25?,28+/m0/s1. The number of hydrogen-bond donors (Lipinski definition) is 4. The lowest BCUT2D eigenvalue weighted by molar-refractivity contribution is -0.0968. The van der Waals surface area contributed by atoms with Gasteiger partial charge >= 0.3 is 12.2 Å². The van der Waals surface area contributed by atoms with Gasteiger partial charge in [-0.05, 0) is 75.2 Å². The van der Waals surface area contributed by atoms with Gasteiger partial charge in [0.25, 0.3) is 0 Å². The van der Waals surface area contributed by atoms with E-state index in [0.717, 1.165) is 6.42 Å². The fourth-order valence-electron chi connectivity index (χ4n) is 6.72. The number of nitrogens with zero attached hydrogens (tertiary/aromatic N) is 1. The molecule has 3 rings (SSSR count). The Balaban J connectivity index is 1.98. The van der Waals surface area contributed by atoms with Gasteiger partial charge in [0.05, 0.1) is 12.7 Å². The second-order valence-corrected chi connectivity index (χ2v) is 11.2. The highest BCUT2D eigenvalue weighted by molar-refractivity contribution is 6.30. The van der Waals surface area contributed by atoms with Crippen molar-refractivity contribution in [2.75, 3.05) is 33.8 Å². The second kappa shape index (κ2) is 14.2. The number of aliphatic hydroxyl groups is 1. The summed E-state index contributed by atoms with van der Waals surface area (Å²) in [5, 5.41) is 29.3. The van der Waals surface area contributed by atoms with E-state index in [1.165, 1.54) is 39.2 Å². The summed E-state index contributed by atoms with van der Waals surface area (Å²) >= 11 is 6.37. The molecule has 0 aromatic heterocycles. The third kappa shape index (κ3) is 7.74. The molecule has 0 spiro atoms. The van der Waals surface area contributed by atoms with Gasteiger partial charge in [-0.3, -0.25) is 0 Å². The van der Waals surface area contributed by atoms with Crippen LogP contribution in [0.1, 0.15) is 69.8 Å². The lowest BCUT2D eigenvalue weighted by atomic mass is 9.65. The van der Waals surface area contributed by atoms with Crippen molar-refractivity contribution in [3.05, 3.63) is 34.9 Å². The molecule has 2 aliphatic rings. The van der Waals surface area contributed by atoms with Crippen molar-refractivity contribution in [3.8, 4) is 0 Å². The molecule has 0 bridgehead atoms. The van der Waals surface area contributed by atoms with E-state index in [1.54, 1.807) is 17.0 Å². The number of hydrogen-bond acceptors (Lipinski definition) is 5. The van der Waals surface area contributed by atoms with Crippen molar-refractivity contribution in [2.45, 2.75) is 75.9 Å². The van der Waals surface area contributed by atoms with E-state index in [9.17, 15) is 19.8 Å². The van der Waals surface area contributed by atoms with Crippen LogP contribution in [-0.4, -0.2) is 67.1 Å². The maximum absolute atomic E-state index is 12.5. The van der Waals surface area contributed by atoms with Crippen LogP contribution in [0.5, 0.6) is 0 Å². The van der Waals surface area contributed by atoms with Gasteiger partial charge in [0.2, 0.25) is 0 Å². The highest BCUT2D eigenvalue weighted by atomic mass is 35.5. The topological polar surface area (TPSA) is 111 Å². The van der Waals surface area contributed by atoms with E-state index in [1.807, 2.05) is 19.2 Å². The Hall–Kier alpha value is -2.03. The molecule has 8 nitrogen and oxygen atoms in total. The molecule has 1 heterocycles. The van der Waals surface area contributed by atoms with Crippen LogP contribution >= 0.6 is 11.6 Å². The van der Waals surface area contributed by atoms with Crippen molar-refractivity contribution in [1.82, 2.24) is 15.5 Å². The third-order valence-electron chi connectivity index (χ3n) is 8.37. The Morgan fingerprint density at radius 2 is 1.97 bits per heavy atom. The number of amides is 2. The van der Waals surface area contributed by atoms with E-state index >= 15 is 0 Å². The minimum Gasteiger partial charge on any atom is -0.465 e. The maximum Gasteiger partial charge on any atom is 0.407 e. The van der Waals surface area contributed by atoms with E-state index in [0.29, 0.717) is 61.8 Å². The highest BCUT2D eigenvalue weighted by Crippen LogP contribution is 2.46. The molecule has 4 N–H and O–H groups in total. The summed E-state index contributed by atoms with van der Waals surface area (Å²) in [6.45, 7) is 1.51. The lowest BCUT2D eigenvalue weighted by Crippen LogP contribution is -2.59. The number of ether oxygens (including phenoxy) is 1. The van der Waals surface area contributed by atoms with Crippen LogP contribution < -0.4 is 10.6 Å². The van der Waals surface area contributed by atoms with Gasteiger partial charge in [-0.1, -0.05) is 55.8 Å². The van der Waals surface area contributed by atoms with Gasteiger partial charge < -0.3 is 30.5 Å². The molecular weight excluding hydrogens is 494 g/mol. The number of carbonyl (C=O) groups is 2. The summed E-state index contributed by atoms with van der Waals surface area (Å²) in [6, 6.07) is 6.94. The average molecular weight is 538 g/mol. The average Bonchev–Trinajstić information content (AvgIpc) is 2.90. The molecule has 4 atom stereocenters. The summed E-state index contributed by atoms with van der Waals surface area (Å²) in [7, 11) is 3.23. The number of piperidine rings is 1. The Morgan fingerprint density at radius 1 is 1.22 bits per heavy atom. The number of alkyl carbamates (subject to hydrolysis) is 1. The molecule has 1 saturated carbocycles. The number of carboxylic acid groups (broad SMARTS) is 1. The zero-order chi connectivity index (χ0) is 26.8. The van der Waals surface area contributed by atoms with Crippen molar-refractivity contribution >= 4 is 23.8 Å². The fraction of sp³-hybridized carbons (Fsp3) is 0.714. The first-order chi connectivity index (χ1) is 17.8. The monoisotopic (exact) mass is 537 g/mol. The Bertz CT molecular complexity index is 881. The van der Waals surface area contributed by atoms with Crippen LogP contribution in [0.4, 0.5) is 9.59 Å². The molecule has 1 aromatic carbocycles. The molecule has 9 heteroatoms. The molecular formula is C28H44ClN3O5. The van der Waals surface area contributed by atoms with Crippen LogP contribution in [0.2, 0.25) is 5.02 Å². The van der Waals surface area contributed by atoms with Crippen LogP contribution in [0, 0.1) is 17.8 Å². The van der Waals surface area contributed by atoms with Crippen molar-refractivity contribution < 1.29 is 24.5 Å². The van der Waals surface area contributed by atoms with Crippen LogP contribution in [0.15, 0.2) is 24.3 Å². The van der Waals surface area contributed by atoms with Gasteiger partial charge in [0.15, 0.2) is 0 Å². The smallest absolute Gasteiger partial charge is 0.407 e. The third-order valence-corrected chi connectivity index (χ3v) is 8.60. The molecule has 1 aliphatic carbocycles. The summed E-state index contributed by atoms with van der Waals surface area (Å²) in [5.41, 5.74) is -0.610. The Labute approximate surface area is 226 Å². The molecule has 1 aliphatic heterocycles. The highest BCUT2D eigenvalue weighted by Gasteiger charge is 2.50. The van der Waals surface area contributed by atoms with Crippen LogP contribution in [0.3, 0.4) is 0 Å². The zero-order valence-corrected chi connectivity index (χ0v) is 23.0. The molecule has 37 heavy (non-hydrogen) atoms. The summed E-state index contributed by atoms with van der Waals surface area (Å²) in [6.07, 6.45) is 7.87. The number of halogens is 1. The van der Waals surface area contributed by atoms with Crippen LogP contribution in [-0.2, 0) is 10.3 Å². The molecule has 2 fully saturated rings. The number of carbonyl (C=O) groups excluding carboxylic acids is 1. The van der Waals surface area contributed by atoms with E-state index in [2.05, 4.69) is 15.4 Å². The fourth-order valence-corrected chi connectivity index (χ4v) is 6.92. The molecule has 1 aromatic rings.